The van der Waals surface area contributed by atoms with Crippen molar-refractivity contribution in [3.8, 4) is 0 Å². The van der Waals surface area contributed by atoms with E-state index in [1.807, 2.05) is 0 Å². The van der Waals surface area contributed by atoms with Crippen LogP contribution in [-0.2, 0) is 20.1 Å². The van der Waals surface area contributed by atoms with E-state index < -0.39 is 0 Å². The maximum atomic E-state index is 6.21. The van der Waals surface area contributed by atoms with Gasteiger partial charge < -0.3 is 9.31 Å². The van der Waals surface area contributed by atoms with Gasteiger partial charge in [-0.1, -0.05) is 45.9 Å². The van der Waals surface area contributed by atoms with Crippen molar-refractivity contribution in [3.05, 3.63) is 29.3 Å². The highest BCUT2D eigenvalue weighted by Gasteiger charge is 2.52. The number of hydrogen-bond acceptors (Lipinski definition) is 2. The van der Waals surface area contributed by atoms with Gasteiger partial charge in [-0.2, -0.15) is 0 Å². The molecule has 22 heavy (non-hydrogen) atoms. The summed E-state index contributed by atoms with van der Waals surface area (Å²) in [5.74, 6) is 0. The maximum absolute atomic E-state index is 6.21. The fourth-order valence-corrected chi connectivity index (χ4v) is 4.13. The Kier molecular flexibility index (Phi) is 3.21. The normalized spacial score (nSPS) is 27.0. The van der Waals surface area contributed by atoms with Crippen molar-refractivity contribution in [2.45, 2.75) is 83.8 Å². The van der Waals surface area contributed by atoms with E-state index in [1.165, 1.54) is 17.5 Å². The zero-order valence-electron chi connectivity index (χ0n) is 15.3. The molecule has 0 N–H and O–H groups in total. The zero-order chi connectivity index (χ0) is 16.6. The van der Waals surface area contributed by atoms with Gasteiger partial charge in [0.05, 0.1) is 11.2 Å². The van der Waals surface area contributed by atoms with Crippen molar-refractivity contribution < 1.29 is 9.31 Å². The second-order valence-electron chi connectivity index (χ2n) is 9.34. The van der Waals surface area contributed by atoms with Crippen molar-refractivity contribution in [1.82, 2.24) is 0 Å². The third-order valence-corrected chi connectivity index (χ3v) is 5.91. The molecule has 0 aromatic heterocycles. The third kappa shape index (κ3) is 2.25. The average molecular weight is 300 g/mol. The van der Waals surface area contributed by atoms with Gasteiger partial charge in [0.2, 0.25) is 0 Å². The van der Waals surface area contributed by atoms with Crippen molar-refractivity contribution in [1.29, 1.82) is 0 Å². The molecule has 2 nitrogen and oxygen atoms in total. The van der Waals surface area contributed by atoms with Crippen LogP contribution in [-0.4, -0.2) is 18.3 Å². The largest absolute Gasteiger partial charge is 0.494 e. The third-order valence-electron chi connectivity index (χ3n) is 5.91. The second-order valence-corrected chi connectivity index (χ2v) is 9.34. The smallest absolute Gasteiger partial charge is 0.399 e. The number of rotatable bonds is 1. The zero-order valence-corrected chi connectivity index (χ0v) is 15.3. The summed E-state index contributed by atoms with van der Waals surface area (Å²) < 4.78 is 12.4. The summed E-state index contributed by atoms with van der Waals surface area (Å²) in [4.78, 5) is 0. The van der Waals surface area contributed by atoms with Crippen LogP contribution in [0, 0.1) is 0 Å². The van der Waals surface area contributed by atoms with Gasteiger partial charge in [-0.25, -0.2) is 0 Å². The van der Waals surface area contributed by atoms with Crippen molar-refractivity contribution in [2.24, 2.45) is 0 Å². The van der Waals surface area contributed by atoms with Gasteiger partial charge >= 0.3 is 7.12 Å². The lowest BCUT2D eigenvalue weighted by molar-refractivity contribution is 0.00578. The molecule has 1 aromatic carbocycles. The van der Waals surface area contributed by atoms with Crippen LogP contribution in [0.1, 0.15) is 72.9 Å². The summed E-state index contributed by atoms with van der Waals surface area (Å²) in [6.45, 7) is 17.8. The van der Waals surface area contributed by atoms with Crippen LogP contribution in [0.4, 0.5) is 0 Å². The molecular formula is C19H29BO2. The van der Waals surface area contributed by atoms with Crippen molar-refractivity contribution >= 4 is 12.6 Å². The predicted molar refractivity (Wildman–Crippen MR) is 92.8 cm³/mol. The van der Waals surface area contributed by atoms with E-state index in [2.05, 4.69) is 73.6 Å². The van der Waals surface area contributed by atoms with Crippen molar-refractivity contribution in [2.75, 3.05) is 0 Å². The maximum Gasteiger partial charge on any atom is 0.494 e. The molecule has 1 saturated heterocycles. The predicted octanol–water partition coefficient (Wildman–Crippen LogP) is 3.94. The molecule has 0 atom stereocenters. The Labute approximate surface area is 135 Å². The number of hydrogen-bond donors (Lipinski definition) is 0. The highest BCUT2D eigenvalue weighted by molar-refractivity contribution is 6.62. The standard InChI is InChI=1S/C19H29BO2/c1-16(2)12-17(3,4)15-11-13(9-10-14(15)16)20-21-18(5,6)19(7,8)22-20/h9-11H,12H2,1-8H3. The topological polar surface area (TPSA) is 18.5 Å². The Hall–Kier alpha value is -0.795. The Bertz CT molecular complexity index is 598. The first-order valence-corrected chi connectivity index (χ1v) is 8.36. The van der Waals surface area contributed by atoms with Crippen LogP contribution in [0.5, 0.6) is 0 Å². The highest BCUT2D eigenvalue weighted by Crippen LogP contribution is 2.49. The summed E-state index contributed by atoms with van der Waals surface area (Å²) in [6.07, 6.45) is 1.18. The molecule has 1 heterocycles. The van der Waals surface area contributed by atoms with E-state index in [9.17, 15) is 0 Å². The summed E-state index contributed by atoms with van der Waals surface area (Å²) in [5.41, 5.74) is 3.94. The Morgan fingerprint density at radius 1 is 0.773 bits per heavy atom. The van der Waals surface area contributed by atoms with Gasteiger partial charge in [0, 0.05) is 0 Å². The van der Waals surface area contributed by atoms with Gasteiger partial charge in [-0.3, -0.25) is 0 Å². The molecule has 1 aromatic rings. The average Bonchev–Trinajstić information content (AvgIpc) is 2.67. The SMILES string of the molecule is CC1(C)CC(C)(C)c2cc(B3OC(C)(C)C(C)(C)O3)ccc21. The van der Waals surface area contributed by atoms with Crippen LogP contribution in [0.2, 0.25) is 0 Å². The molecule has 0 bridgehead atoms. The Morgan fingerprint density at radius 3 is 1.82 bits per heavy atom. The lowest BCUT2D eigenvalue weighted by atomic mass is 9.75. The molecule has 2 aliphatic rings. The summed E-state index contributed by atoms with van der Waals surface area (Å²) in [7, 11) is -0.269. The van der Waals surface area contributed by atoms with Crippen LogP contribution < -0.4 is 5.46 Å². The van der Waals surface area contributed by atoms with E-state index in [-0.39, 0.29) is 29.2 Å². The second kappa shape index (κ2) is 4.39. The Balaban J connectivity index is 2.00. The Morgan fingerprint density at radius 2 is 1.27 bits per heavy atom. The monoisotopic (exact) mass is 300 g/mol. The van der Waals surface area contributed by atoms with Crippen LogP contribution >= 0.6 is 0 Å². The molecule has 0 radical (unpaired) electrons. The minimum atomic E-state index is -0.286. The summed E-state index contributed by atoms with van der Waals surface area (Å²) >= 11 is 0. The lowest BCUT2D eigenvalue weighted by Crippen LogP contribution is -2.41. The van der Waals surface area contributed by atoms with Gasteiger partial charge in [0.25, 0.3) is 0 Å². The fourth-order valence-electron chi connectivity index (χ4n) is 4.13. The quantitative estimate of drug-likeness (QED) is 0.731. The van der Waals surface area contributed by atoms with Crippen LogP contribution in [0.15, 0.2) is 18.2 Å². The summed E-state index contributed by atoms with van der Waals surface area (Å²) in [5, 5.41) is 0. The van der Waals surface area contributed by atoms with Gasteiger partial charge in [-0.05, 0) is 61.5 Å². The van der Waals surface area contributed by atoms with E-state index >= 15 is 0 Å². The number of fused-ring (bicyclic) bond motifs is 1. The number of benzene rings is 1. The molecule has 1 fully saturated rings. The first-order chi connectivity index (χ1) is 9.86. The minimum Gasteiger partial charge on any atom is -0.399 e. The van der Waals surface area contributed by atoms with Gasteiger partial charge in [0.1, 0.15) is 0 Å². The molecule has 1 aliphatic heterocycles. The van der Waals surface area contributed by atoms with Gasteiger partial charge in [0.15, 0.2) is 0 Å². The lowest BCUT2D eigenvalue weighted by Gasteiger charge is -2.32. The highest BCUT2D eigenvalue weighted by atomic mass is 16.7. The summed E-state index contributed by atoms with van der Waals surface area (Å²) in [6, 6.07) is 6.78. The molecule has 0 saturated carbocycles. The van der Waals surface area contributed by atoms with Crippen LogP contribution in [0.3, 0.4) is 0 Å². The molecule has 120 valence electrons. The van der Waals surface area contributed by atoms with Crippen LogP contribution in [0.25, 0.3) is 0 Å². The molecule has 3 rings (SSSR count). The molecule has 0 amide bonds. The van der Waals surface area contributed by atoms with E-state index in [0.717, 1.165) is 5.46 Å². The van der Waals surface area contributed by atoms with E-state index in [0.29, 0.717) is 0 Å². The molecule has 0 spiro atoms. The molecule has 1 aliphatic carbocycles. The fraction of sp³-hybridized carbons (Fsp3) is 0.684. The molecular weight excluding hydrogens is 271 g/mol. The van der Waals surface area contributed by atoms with Gasteiger partial charge in [-0.15, -0.1) is 0 Å². The van der Waals surface area contributed by atoms with E-state index in [1.54, 1.807) is 0 Å². The molecule has 0 unspecified atom stereocenters. The minimum absolute atomic E-state index is 0.207. The first kappa shape index (κ1) is 16.1. The molecule has 3 heteroatoms. The van der Waals surface area contributed by atoms with E-state index in [4.69, 9.17) is 9.31 Å². The van der Waals surface area contributed by atoms with Crippen molar-refractivity contribution in [3.63, 3.8) is 0 Å². The first-order valence-electron chi connectivity index (χ1n) is 8.36.